The molecule has 0 amide bonds. The topological polar surface area (TPSA) is 33.1 Å². The second-order valence-corrected chi connectivity index (χ2v) is 9.64. The first-order valence-corrected chi connectivity index (χ1v) is 10.8. The molecular weight excluding hydrogens is 318 g/mol. The Bertz CT molecular complexity index is 668. The average Bonchev–Trinajstić information content (AvgIpc) is 3.00. The first-order valence-electron chi connectivity index (χ1n) is 10.8. The van der Waals surface area contributed by atoms with Crippen molar-refractivity contribution in [2.24, 2.45) is 34.5 Å². The number of fused-ring (bicyclic) bond motifs is 3. The minimum atomic E-state index is 0.309. The monoisotopic (exact) mass is 353 g/mol. The van der Waals surface area contributed by atoms with Gasteiger partial charge in [0.05, 0.1) is 0 Å². The molecule has 1 heterocycles. The normalized spacial score (nSPS) is 42.1. The lowest BCUT2D eigenvalue weighted by Crippen LogP contribution is -2.52. The first kappa shape index (κ1) is 18.2. The van der Waals surface area contributed by atoms with Crippen molar-refractivity contribution >= 4 is 5.57 Å². The zero-order valence-electron chi connectivity index (χ0n) is 16.7. The Morgan fingerprint density at radius 3 is 2.73 bits per heavy atom. The van der Waals surface area contributed by atoms with Crippen molar-refractivity contribution in [2.75, 3.05) is 6.61 Å². The number of rotatable bonds is 4. The van der Waals surface area contributed by atoms with Crippen molar-refractivity contribution in [3.8, 4) is 0 Å². The lowest BCUT2D eigenvalue weighted by molar-refractivity contribution is -0.0945. The fourth-order valence-corrected chi connectivity index (χ4v) is 7.30. The molecular formula is C24H35NO. The van der Waals surface area contributed by atoms with E-state index in [1.54, 1.807) is 5.57 Å². The summed E-state index contributed by atoms with van der Waals surface area (Å²) in [6, 6.07) is 4.31. The van der Waals surface area contributed by atoms with Crippen LogP contribution in [0.1, 0.15) is 71.3 Å². The molecule has 1 aromatic heterocycles. The molecule has 0 unspecified atom stereocenters. The highest BCUT2D eigenvalue weighted by atomic mass is 16.3. The lowest BCUT2D eigenvalue weighted by atomic mass is 9.46. The van der Waals surface area contributed by atoms with Crippen LogP contribution in [-0.4, -0.2) is 16.7 Å². The zero-order chi connectivity index (χ0) is 18.4. The third kappa shape index (κ3) is 2.59. The fraction of sp³-hybridized carbons (Fsp3) is 0.708. The molecule has 0 spiro atoms. The highest BCUT2D eigenvalue weighted by Crippen LogP contribution is 2.66. The zero-order valence-corrected chi connectivity index (χ0v) is 16.7. The maximum atomic E-state index is 10.1. The molecule has 1 aromatic rings. The molecule has 1 N–H and O–H groups in total. The van der Waals surface area contributed by atoms with Crippen molar-refractivity contribution < 1.29 is 5.11 Å². The van der Waals surface area contributed by atoms with Crippen molar-refractivity contribution in [1.82, 2.24) is 4.98 Å². The maximum absolute atomic E-state index is 10.1. The van der Waals surface area contributed by atoms with Crippen molar-refractivity contribution in [3.63, 3.8) is 0 Å². The Balaban J connectivity index is 1.64. The number of aromatic nitrogens is 1. The van der Waals surface area contributed by atoms with Gasteiger partial charge in [0.25, 0.3) is 0 Å². The molecule has 6 atom stereocenters. The van der Waals surface area contributed by atoms with Crippen molar-refractivity contribution in [2.45, 2.75) is 65.7 Å². The van der Waals surface area contributed by atoms with E-state index in [4.69, 9.17) is 0 Å². The average molecular weight is 354 g/mol. The summed E-state index contributed by atoms with van der Waals surface area (Å²) in [5.74, 6) is 2.87. The van der Waals surface area contributed by atoms with Gasteiger partial charge in [-0.25, -0.2) is 0 Å². The van der Waals surface area contributed by atoms with Crippen LogP contribution in [0.2, 0.25) is 0 Å². The number of aliphatic hydroxyl groups excluding tert-OH is 1. The SMILES string of the molecule is CCC[C@@]1(C)[C@H](CO)CC[C@@H]2[C@@H]1CC[C@]1(C)C(c3cccnc3)=CC[C@@H]21. The molecule has 0 aliphatic heterocycles. The Labute approximate surface area is 159 Å². The molecule has 0 radical (unpaired) electrons. The number of aliphatic hydroxyl groups is 1. The van der Waals surface area contributed by atoms with E-state index >= 15 is 0 Å². The predicted octanol–water partition coefficient (Wildman–Crippen LogP) is 5.73. The molecule has 2 saturated carbocycles. The van der Waals surface area contributed by atoms with Crippen LogP contribution in [0.25, 0.3) is 5.57 Å². The third-order valence-electron chi connectivity index (χ3n) is 8.63. The van der Waals surface area contributed by atoms with E-state index in [1.807, 2.05) is 6.20 Å². The Kier molecular flexibility index (Phi) is 4.75. The van der Waals surface area contributed by atoms with E-state index in [9.17, 15) is 5.11 Å². The molecule has 4 rings (SSSR count). The number of nitrogens with zero attached hydrogens (tertiary/aromatic N) is 1. The smallest absolute Gasteiger partial charge is 0.0464 e. The van der Waals surface area contributed by atoms with Gasteiger partial charge in [-0.05, 0) is 90.2 Å². The van der Waals surface area contributed by atoms with Crippen molar-refractivity contribution in [1.29, 1.82) is 0 Å². The van der Waals surface area contributed by atoms with Crippen LogP contribution in [0, 0.1) is 34.5 Å². The molecule has 2 heteroatoms. The summed E-state index contributed by atoms with van der Waals surface area (Å²) in [6.07, 6.45) is 15.3. The summed E-state index contributed by atoms with van der Waals surface area (Å²) in [5, 5.41) is 10.1. The van der Waals surface area contributed by atoms with Crippen LogP contribution in [0.4, 0.5) is 0 Å². The van der Waals surface area contributed by atoms with Gasteiger partial charge in [-0.2, -0.15) is 0 Å². The highest BCUT2D eigenvalue weighted by molar-refractivity contribution is 5.72. The molecule has 3 aliphatic rings. The van der Waals surface area contributed by atoms with E-state index in [1.165, 1.54) is 50.5 Å². The molecule has 0 saturated heterocycles. The summed E-state index contributed by atoms with van der Waals surface area (Å²) >= 11 is 0. The van der Waals surface area contributed by atoms with Gasteiger partial charge in [-0.1, -0.05) is 39.3 Å². The van der Waals surface area contributed by atoms with Gasteiger partial charge >= 0.3 is 0 Å². The molecule has 26 heavy (non-hydrogen) atoms. The summed E-state index contributed by atoms with van der Waals surface area (Å²) in [5.41, 5.74) is 3.51. The van der Waals surface area contributed by atoms with Gasteiger partial charge in [0.2, 0.25) is 0 Å². The van der Waals surface area contributed by atoms with Gasteiger partial charge in [0.1, 0.15) is 0 Å². The second kappa shape index (κ2) is 6.78. The van der Waals surface area contributed by atoms with Crippen LogP contribution < -0.4 is 0 Å². The van der Waals surface area contributed by atoms with Gasteiger partial charge in [-0.15, -0.1) is 0 Å². The first-order chi connectivity index (χ1) is 12.5. The molecule has 2 fully saturated rings. The summed E-state index contributed by atoms with van der Waals surface area (Å²) in [6.45, 7) is 7.71. The molecule has 0 aromatic carbocycles. The molecule has 0 bridgehead atoms. The Hall–Kier alpha value is -1.15. The fourth-order valence-electron chi connectivity index (χ4n) is 7.30. The van der Waals surface area contributed by atoms with Gasteiger partial charge in [-0.3, -0.25) is 4.98 Å². The van der Waals surface area contributed by atoms with Crippen LogP contribution >= 0.6 is 0 Å². The minimum Gasteiger partial charge on any atom is -0.396 e. The minimum absolute atomic E-state index is 0.309. The van der Waals surface area contributed by atoms with Gasteiger partial charge in [0.15, 0.2) is 0 Å². The lowest BCUT2D eigenvalue weighted by Gasteiger charge is -2.59. The number of allylic oxidation sites excluding steroid dienone is 2. The number of hydrogen-bond acceptors (Lipinski definition) is 2. The quantitative estimate of drug-likeness (QED) is 0.750. The van der Waals surface area contributed by atoms with E-state index in [0.717, 1.165) is 17.8 Å². The van der Waals surface area contributed by atoms with E-state index < -0.39 is 0 Å². The Morgan fingerprint density at radius 1 is 1.19 bits per heavy atom. The number of pyridine rings is 1. The highest BCUT2D eigenvalue weighted by Gasteiger charge is 2.57. The van der Waals surface area contributed by atoms with Gasteiger partial charge < -0.3 is 5.11 Å². The molecule has 3 aliphatic carbocycles. The summed E-state index contributed by atoms with van der Waals surface area (Å²) in [4.78, 5) is 4.38. The summed E-state index contributed by atoms with van der Waals surface area (Å²) in [7, 11) is 0. The molecule has 142 valence electrons. The van der Waals surface area contributed by atoms with Gasteiger partial charge in [0, 0.05) is 19.0 Å². The third-order valence-corrected chi connectivity index (χ3v) is 8.63. The second-order valence-electron chi connectivity index (χ2n) is 9.64. The maximum Gasteiger partial charge on any atom is 0.0464 e. The number of hydrogen-bond donors (Lipinski definition) is 1. The van der Waals surface area contributed by atoms with E-state index in [0.29, 0.717) is 23.4 Å². The van der Waals surface area contributed by atoms with Crippen LogP contribution in [0.5, 0.6) is 0 Å². The van der Waals surface area contributed by atoms with Crippen LogP contribution in [0.15, 0.2) is 30.6 Å². The largest absolute Gasteiger partial charge is 0.396 e. The van der Waals surface area contributed by atoms with Crippen LogP contribution in [0.3, 0.4) is 0 Å². The van der Waals surface area contributed by atoms with E-state index in [2.05, 4.69) is 50.2 Å². The van der Waals surface area contributed by atoms with Crippen LogP contribution in [-0.2, 0) is 0 Å². The summed E-state index contributed by atoms with van der Waals surface area (Å²) < 4.78 is 0. The molecule has 2 nitrogen and oxygen atoms in total. The standard InChI is InChI=1S/C24H35NO/c1-4-12-23(2)18(16-26)7-8-19-21-10-9-20(17-6-5-14-25-15-17)24(21,3)13-11-22(19)23/h5-6,9,14-15,18-19,21-22,26H,4,7-8,10-13,16H2,1-3H3/t18-,19-,21-,22-,23-,24+/m0/s1. The van der Waals surface area contributed by atoms with E-state index in [-0.39, 0.29) is 0 Å². The van der Waals surface area contributed by atoms with Crippen molar-refractivity contribution in [3.05, 3.63) is 36.2 Å². The predicted molar refractivity (Wildman–Crippen MR) is 107 cm³/mol. The Morgan fingerprint density at radius 2 is 2.04 bits per heavy atom.